The van der Waals surface area contributed by atoms with E-state index in [1.807, 2.05) is 6.20 Å². The summed E-state index contributed by atoms with van der Waals surface area (Å²) < 4.78 is 3.24. The zero-order chi connectivity index (χ0) is 12.4. The Hall–Kier alpha value is -0.350. The maximum atomic E-state index is 4.43. The van der Waals surface area contributed by atoms with Crippen molar-refractivity contribution in [1.29, 1.82) is 0 Å². The molecule has 0 bridgehead atoms. The molecule has 0 radical (unpaired) electrons. The highest BCUT2D eigenvalue weighted by Gasteiger charge is 2.35. The fraction of sp³-hybridized carbons (Fsp3) is 0.769. The molecule has 96 valence electrons. The largest absolute Gasteiger partial charge is 0.309 e. The third-order valence-electron chi connectivity index (χ3n) is 3.74. The van der Waals surface area contributed by atoms with Crippen molar-refractivity contribution in [2.24, 2.45) is 11.8 Å². The van der Waals surface area contributed by atoms with Gasteiger partial charge in [0.2, 0.25) is 0 Å². The van der Waals surface area contributed by atoms with Gasteiger partial charge in [0.25, 0.3) is 0 Å². The molecular formula is C13H22BrN3. The quantitative estimate of drug-likeness (QED) is 0.873. The summed E-state index contributed by atoms with van der Waals surface area (Å²) >= 11 is 3.64. The minimum Gasteiger partial charge on any atom is -0.309 e. The molecule has 1 aromatic heterocycles. The van der Waals surface area contributed by atoms with Crippen molar-refractivity contribution >= 4 is 15.9 Å². The molecule has 2 rings (SSSR count). The maximum Gasteiger partial charge on any atom is 0.0698 e. The molecule has 4 heteroatoms. The predicted octanol–water partition coefficient (Wildman–Crippen LogP) is 3.36. The highest BCUT2D eigenvalue weighted by Crippen LogP contribution is 2.43. The molecule has 2 unspecified atom stereocenters. The van der Waals surface area contributed by atoms with Gasteiger partial charge in [-0.25, -0.2) is 0 Å². The van der Waals surface area contributed by atoms with Gasteiger partial charge in [-0.15, -0.1) is 0 Å². The van der Waals surface area contributed by atoms with Gasteiger partial charge in [0.05, 0.1) is 22.4 Å². The van der Waals surface area contributed by atoms with Crippen molar-refractivity contribution in [3.63, 3.8) is 0 Å². The Bertz CT molecular complexity index is 371. The van der Waals surface area contributed by atoms with E-state index < -0.39 is 0 Å². The van der Waals surface area contributed by atoms with Gasteiger partial charge in [-0.05, 0) is 54.1 Å². The van der Waals surface area contributed by atoms with Crippen LogP contribution in [-0.4, -0.2) is 16.3 Å². The van der Waals surface area contributed by atoms with Crippen molar-refractivity contribution in [3.8, 4) is 0 Å². The van der Waals surface area contributed by atoms with Gasteiger partial charge in [-0.2, -0.15) is 5.10 Å². The van der Waals surface area contributed by atoms with E-state index in [1.54, 1.807) is 0 Å². The molecule has 1 N–H and O–H groups in total. The molecule has 1 saturated carbocycles. The Morgan fingerprint density at radius 2 is 2.24 bits per heavy atom. The highest BCUT2D eigenvalue weighted by molar-refractivity contribution is 9.10. The monoisotopic (exact) mass is 299 g/mol. The van der Waals surface area contributed by atoms with E-state index in [0.29, 0.717) is 12.0 Å². The van der Waals surface area contributed by atoms with Gasteiger partial charge < -0.3 is 5.32 Å². The number of rotatable bonds is 6. The van der Waals surface area contributed by atoms with Gasteiger partial charge in [0.1, 0.15) is 0 Å². The van der Waals surface area contributed by atoms with E-state index in [2.05, 4.69) is 51.8 Å². The smallest absolute Gasteiger partial charge is 0.0698 e. The standard InChI is InChI=1S/C13H22BrN3/c1-4-15-12(9(3)10-6-7-10)13-11(14)8-16-17(13)5-2/h8-10,12,15H,4-7H2,1-3H3. The van der Waals surface area contributed by atoms with Crippen molar-refractivity contribution in [3.05, 3.63) is 16.4 Å². The lowest BCUT2D eigenvalue weighted by Crippen LogP contribution is -2.30. The molecule has 1 fully saturated rings. The first-order valence-corrected chi connectivity index (χ1v) is 7.42. The summed E-state index contributed by atoms with van der Waals surface area (Å²) in [5.41, 5.74) is 1.31. The fourth-order valence-corrected chi connectivity index (χ4v) is 3.12. The molecule has 1 heterocycles. The van der Waals surface area contributed by atoms with Crippen LogP contribution in [0.5, 0.6) is 0 Å². The Kier molecular flexibility index (Phi) is 4.26. The first-order chi connectivity index (χ1) is 8.19. The lowest BCUT2D eigenvalue weighted by Gasteiger charge is -2.26. The number of hydrogen-bond acceptors (Lipinski definition) is 2. The van der Waals surface area contributed by atoms with Gasteiger partial charge in [0, 0.05) is 6.54 Å². The molecule has 1 aromatic rings. The molecule has 17 heavy (non-hydrogen) atoms. The van der Waals surface area contributed by atoms with Gasteiger partial charge in [-0.3, -0.25) is 4.68 Å². The molecule has 3 nitrogen and oxygen atoms in total. The Labute approximate surface area is 112 Å². The van der Waals surface area contributed by atoms with Crippen LogP contribution in [0, 0.1) is 11.8 Å². The molecule has 2 atom stereocenters. The second kappa shape index (κ2) is 5.53. The molecule has 0 aliphatic heterocycles. The third-order valence-corrected chi connectivity index (χ3v) is 4.35. The number of aromatic nitrogens is 2. The van der Waals surface area contributed by atoms with Crippen molar-refractivity contribution < 1.29 is 0 Å². The van der Waals surface area contributed by atoms with Crippen LogP contribution < -0.4 is 5.32 Å². The molecule has 1 aliphatic carbocycles. The Morgan fingerprint density at radius 3 is 2.76 bits per heavy atom. The first-order valence-electron chi connectivity index (χ1n) is 6.63. The highest BCUT2D eigenvalue weighted by atomic mass is 79.9. The molecule has 0 saturated heterocycles. The summed E-state index contributed by atoms with van der Waals surface area (Å²) in [6.45, 7) is 8.62. The van der Waals surface area contributed by atoms with Crippen LogP contribution in [0.4, 0.5) is 0 Å². The zero-order valence-corrected chi connectivity index (χ0v) is 12.5. The normalized spacial score (nSPS) is 19.3. The SMILES string of the molecule is CCNC(c1c(Br)cnn1CC)C(C)C1CC1. The van der Waals surface area contributed by atoms with Crippen LogP contribution in [0.3, 0.4) is 0 Å². The van der Waals surface area contributed by atoms with E-state index in [1.165, 1.54) is 18.5 Å². The minimum atomic E-state index is 0.421. The second-order valence-electron chi connectivity index (χ2n) is 4.93. The lowest BCUT2D eigenvalue weighted by molar-refractivity contribution is 0.334. The topological polar surface area (TPSA) is 29.9 Å². The van der Waals surface area contributed by atoms with Crippen LogP contribution in [0.25, 0.3) is 0 Å². The zero-order valence-electron chi connectivity index (χ0n) is 10.9. The lowest BCUT2D eigenvalue weighted by atomic mass is 9.94. The molecular weight excluding hydrogens is 278 g/mol. The second-order valence-corrected chi connectivity index (χ2v) is 5.78. The van der Waals surface area contributed by atoms with E-state index in [0.717, 1.165) is 23.5 Å². The van der Waals surface area contributed by atoms with E-state index in [9.17, 15) is 0 Å². The number of halogens is 1. The predicted molar refractivity (Wildman–Crippen MR) is 73.9 cm³/mol. The number of nitrogens with one attached hydrogen (secondary N) is 1. The molecule has 1 aliphatic rings. The van der Waals surface area contributed by atoms with E-state index in [4.69, 9.17) is 0 Å². The van der Waals surface area contributed by atoms with Crippen LogP contribution in [0.1, 0.15) is 45.3 Å². The summed E-state index contributed by atoms with van der Waals surface area (Å²) in [6.07, 6.45) is 4.70. The number of hydrogen-bond donors (Lipinski definition) is 1. The summed E-state index contributed by atoms with van der Waals surface area (Å²) in [4.78, 5) is 0. The van der Waals surface area contributed by atoms with Gasteiger partial charge >= 0.3 is 0 Å². The van der Waals surface area contributed by atoms with Crippen LogP contribution in [0.2, 0.25) is 0 Å². The fourth-order valence-electron chi connectivity index (χ4n) is 2.58. The molecule has 0 aromatic carbocycles. The van der Waals surface area contributed by atoms with Gasteiger partial charge in [-0.1, -0.05) is 13.8 Å². The number of nitrogens with zero attached hydrogens (tertiary/aromatic N) is 2. The average Bonchev–Trinajstić information content (AvgIpc) is 3.10. The first kappa shape index (κ1) is 13.1. The van der Waals surface area contributed by atoms with Gasteiger partial charge in [0.15, 0.2) is 0 Å². The van der Waals surface area contributed by atoms with Crippen LogP contribution >= 0.6 is 15.9 Å². The van der Waals surface area contributed by atoms with Crippen LogP contribution in [0.15, 0.2) is 10.7 Å². The summed E-state index contributed by atoms with van der Waals surface area (Å²) in [7, 11) is 0. The summed E-state index contributed by atoms with van der Waals surface area (Å²) in [5.74, 6) is 1.58. The van der Waals surface area contributed by atoms with E-state index >= 15 is 0 Å². The Balaban J connectivity index is 2.26. The minimum absolute atomic E-state index is 0.421. The van der Waals surface area contributed by atoms with Crippen molar-refractivity contribution in [2.45, 2.75) is 46.2 Å². The van der Waals surface area contributed by atoms with E-state index in [-0.39, 0.29) is 0 Å². The average molecular weight is 300 g/mol. The van der Waals surface area contributed by atoms with Crippen LogP contribution in [-0.2, 0) is 6.54 Å². The third kappa shape index (κ3) is 2.74. The number of aryl methyl sites for hydroxylation is 1. The summed E-state index contributed by atoms with van der Waals surface area (Å²) in [5, 5.41) is 8.06. The maximum absolute atomic E-state index is 4.43. The summed E-state index contributed by atoms with van der Waals surface area (Å²) in [6, 6.07) is 0.421. The molecule has 0 amide bonds. The van der Waals surface area contributed by atoms with Crippen molar-refractivity contribution in [2.75, 3.05) is 6.54 Å². The Morgan fingerprint density at radius 1 is 1.53 bits per heavy atom. The molecule has 0 spiro atoms. The van der Waals surface area contributed by atoms with Crippen molar-refractivity contribution in [1.82, 2.24) is 15.1 Å².